The molecule has 0 aliphatic carbocycles. The Labute approximate surface area is 208 Å². The molecule has 0 unspecified atom stereocenters. The van der Waals surface area contributed by atoms with Gasteiger partial charge in [0, 0.05) is 15.2 Å². The van der Waals surface area contributed by atoms with Crippen LogP contribution in [0.4, 0.5) is 0 Å². The molecule has 0 N–H and O–H groups in total. The van der Waals surface area contributed by atoms with E-state index in [1.165, 1.54) is 12.5 Å². The maximum Gasteiger partial charge on any atom is 0.0856 e. The van der Waals surface area contributed by atoms with Gasteiger partial charge in [0.15, 0.2) is 0 Å². The average Bonchev–Trinajstić information content (AvgIpc) is 2.50. The molecule has 1 aliphatic heterocycles. The number of rotatable bonds is 4. The zero-order valence-corrected chi connectivity index (χ0v) is 30.4. The van der Waals surface area contributed by atoms with Crippen LogP contribution in [0.3, 0.4) is 0 Å². The number of hydrogen-bond donors (Lipinski definition) is 0. The molecule has 0 aromatic heterocycles. The fourth-order valence-corrected chi connectivity index (χ4v) is 62.6. The van der Waals surface area contributed by atoms with E-state index in [0.717, 1.165) is 0 Å². The highest BCUT2D eigenvalue weighted by Gasteiger charge is 2.58. The molecule has 0 radical (unpaired) electrons. The predicted octanol–water partition coefficient (Wildman–Crippen LogP) is 10.1. The minimum Gasteiger partial charge on any atom is -0.136 e. The molecular formula is C27H58Si5. The van der Waals surface area contributed by atoms with Crippen molar-refractivity contribution >= 4 is 38.4 Å². The van der Waals surface area contributed by atoms with Gasteiger partial charge in [-0.25, -0.2) is 0 Å². The maximum absolute atomic E-state index is 4.56. The van der Waals surface area contributed by atoms with Crippen molar-refractivity contribution in [3.8, 4) is 0 Å². The summed E-state index contributed by atoms with van der Waals surface area (Å²) in [4.78, 5) is 1.85. The highest BCUT2D eigenvalue weighted by Crippen LogP contribution is 2.52. The van der Waals surface area contributed by atoms with Gasteiger partial charge in [0.2, 0.25) is 0 Å². The number of allylic oxidation sites excluding steroid dienone is 3. The van der Waals surface area contributed by atoms with Gasteiger partial charge < -0.3 is 0 Å². The van der Waals surface area contributed by atoms with E-state index in [0.29, 0.717) is 10.1 Å². The molecule has 0 spiro atoms. The molecule has 0 aromatic rings. The van der Waals surface area contributed by atoms with Crippen molar-refractivity contribution in [2.75, 3.05) is 0 Å². The van der Waals surface area contributed by atoms with Crippen molar-refractivity contribution in [2.45, 2.75) is 143 Å². The molecule has 0 amide bonds. The smallest absolute Gasteiger partial charge is 0.0856 e. The van der Waals surface area contributed by atoms with Crippen LogP contribution in [0, 0.1) is 0 Å². The second-order valence-electron chi connectivity index (χ2n) is 16.0. The second kappa shape index (κ2) is 8.78. The number of hydrogen-bond acceptors (Lipinski definition) is 0. The van der Waals surface area contributed by atoms with Gasteiger partial charge >= 0.3 is 0 Å². The Balaban J connectivity index is 4.40. The second-order valence-corrected chi connectivity index (χ2v) is 54.4. The van der Waals surface area contributed by atoms with Gasteiger partial charge in [-0.05, 0) is 41.6 Å². The first-order chi connectivity index (χ1) is 13.7. The third kappa shape index (κ3) is 5.13. The van der Waals surface area contributed by atoms with Gasteiger partial charge in [0.05, 0.1) is 23.3 Å². The van der Waals surface area contributed by atoms with E-state index >= 15 is 0 Å². The van der Waals surface area contributed by atoms with Crippen molar-refractivity contribution in [1.82, 2.24) is 0 Å². The predicted molar refractivity (Wildman–Crippen MR) is 165 cm³/mol. The monoisotopic (exact) mass is 522 g/mol. The summed E-state index contributed by atoms with van der Waals surface area (Å²) in [5, 5.41) is 2.57. The van der Waals surface area contributed by atoms with Crippen molar-refractivity contribution in [3.63, 3.8) is 0 Å². The lowest BCUT2D eigenvalue weighted by Gasteiger charge is -2.54. The minimum atomic E-state index is -1.70. The van der Waals surface area contributed by atoms with E-state index in [1.807, 2.05) is 10.0 Å². The molecule has 0 saturated carbocycles. The Morgan fingerprint density at radius 1 is 0.656 bits per heavy atom. The van der Waals surface area contributed by atoms with Crippen molar-refractivity contribution in [1.29, 1.82) is 0 Å². The Morgan fingerprint density at radius 2 is 1.00 bits per heavy atom. The van der Waals surface area contributed by atoms with E-state index in [9.17, 15) is 0 Å². The van der Waals surface area contributed by atoms with Crippen LogP contribution in [0.2, 0.25) is 81.6 Å². The van der Waals surface area contributed by atoms with Gasteiger partial charge in [-0.3, -0.25) is 0 Å². The van der Waals surface area contributed by atoms with Crippen LogP contribution in [-0.4, -0.2) is 38.4 Å². The topological polar surface area (TPSA) is 0 Å². The molecule has 1 aliphatic rings. The van der Waals surface area contributed by atoms with Crippen molar-refractivity contribution in [3.05, 3.63) is 26.9 Å². The molecule has 0 aromatic carbocycles. The summed E-state index contributed by atoms with van der Waals surface area (Å²) in [7, 11) is -7.75. The van der Waals surface area contributed by atoms with Crippen LogP contribution in [0.25, 0.3) is 0 Å². The zero-order valence-electron chi connectivity index (χ0n) is 25.4. The van der Waals surface area contributed by atoms with Crippen LogP contribution in [-0.2, 0) is 0 Å². The molecule has 0 atom stereocenters. The van der Waals surface area contributed by atoms with E-state index in [2.05, 4.69) is 127 Å². The molecule has 5 heteroatoms. The van der Waals surface area contributed by atoms with Crippen LogP contribution in [0.5, 0.6) is 0 Å². The Hall–Kier alpha value is 0.344. The lowest BCUT2D eigenvalue weighted by atomic mass is 10.1. The molecule has 0 nitrogen and oxygen atoms in total. The van der Waals surface area contributed by atoms with E-state index in [4.69, 9.17) is 0 Å². The first-order valence-corrected chi connectivity index (χ1v) is 30.1. The molecule has 32 heavy (non-hydrogen) atoms. The molecular weight excluding hydrogens is 465 g/mol. The van der Waals surface area contributed by atoms with E-state index in [1.54, 1.807) is 11.1 Å². The van der Waals surface area contributed by atoms with Crippen LogP contribution < -0.4 is 0 Å². The van der Waals surface area contributed by atoms with Crippen molar-refractivity contribution < 1.29 is 0 Å². The zero-order chi connectivity index (χ0) is 25.9. The highest BCUT2D eigenvalue weighted by molar-refractivity contribution is 7.71. The molecule has 0 saturated heterocycles. The Kier molecular flexibility index (Phi) is 8.33. The summed E-state index contributed by atoms with van der Waals surface area (Å²) >= 11 is 0. The third-order valence-electron chi connectivity index (χ3n) is 10.1. The standard InChI is InChI=1S/C27H58Si5/c1-22-19-24(32(21-23(22)2,28(9,10)11)29(12,13)14)20-25(30(15,16)26(3,4)5)31(17,18)27(6,7)8/h19,21H2,1-18H3. The minimum absolute atomic E-state index is 0.351. The van der Waals surface area contributed by atoms with Crippen LogP contribution >= 0.6 is 0 Å². The maximum atomic E-state index is 4.56. The van der Waals surface area contributed by atoms with E-state index < -0.39 is 38.4 Å². The molecule has 0 fully saturated rings. The fraction of sp³-hybridized carbons (Fsp3) is 0.815. The normalized spacial score (nSPS) is 19.2. The van der Waals surface area contributed by atoms with Crippen LogP contribution in [0.15, 0.2) is 26.9 Å². The third-order valence-corrected chi connectivity index (χ3v) is 63.3. The Morgan fingerprint density at radius 3 is 1.28 bits per heavy atom. The van der Waals surface area contributed by atoms with Gasteiger partial charge in [-0.1, -0.05) is 123 Å². The largest absolute Gasteiger partial charge is 0.136 e. The van der Waals surface area contributed by atoms with Crippen molar-refractivity contribution in [2.24, 2.45) is 0 Å². The SMILES string of the molecule is CC1=C(C)C[Si]([Si](C)(C)C)([Si](C)(C)C)C(=C=C([Si](C)(C)C(C)(C)C)[Si](C)(C)C(C)(C)C)C1. The lowest BCUT2D eigenvalue weighted by molar-refractivity contribution is 0.713. The van der Waals surface area contributed by atoms with Gasteiger partial charge in [-0.2, -0.15) is 0 Å². The fourth-order valence-electron chi connectivity index (χ4n) is 5.93. The highest BCUT2D eigenvalue weighted by atomic mass is 29.6. The summed E-state index contributed by atoms with van der Waals surface area (Å²) in [5.41, 5.74) is 7.94. The van der Waals surface area contributed by atoms with Gasteiger partial charge in [0.1, 0.15) is 0 Å². The quantitative estimate of drug-likeness (QED) is 0.196. The summed E-state index contributed by atoms with van der Waals surface area (Å²) in [6, 6.07) is 1.43. The summed E-state index contributed by atoms with van der Waals surface area (Å²) in [6.45, 7) is 46.9. The summed E-state index contributed by atoms with van der Waals surface area (Å²) < 4.78 is 0. The molecule has 1 rings (SSSR count). The van der Waals surface area contributed by atoms with Gasteiger partial charge in [0.25, 0.3) is 0 Å². The first-order valence-electron chi connectivity index (χ1n) is 12.9. The molecule has 186 valence electrons. The summed E-state index contributed by atoms with van der Waals surface area (Å²) in [5.74, 6) is 0. The average molecular weight is 523 g/mol. The first kappa shape index (κ1) is 30.4. The Bertz CT molecular complexity index is 779. The van der Waals surface area contributed by atoms with Gasteiger partial charge in [-0.15, -0.1) is 5.73 Å². The lowest BCUT2D eigenvalue weighted by Crippen LogP contribution is -2.73. The van der Waals surface area contributed by atoms with E-state index in [-0.39, 0.29) is 0 Å². The molecule has 1 heterocycles. The molecule has 0 bridgehead atoms. The summed E-state index contributed by atoms with van der Waals surface area (Å²) in [6.07, 6.45) is 1.22. The van der Waals surface area contributed by atoms with Crippen LogP contribution in [0.1, 0.15) is 61.8 Å².